The highest BCUT2D eigenvalue weighted by atomic mass is 16.5. The number of hydrogen-bond acceptors (Lipinski definition) is 3. The Bertz CT molecular complexity index is 502. The Morgan fingerprint density at radius 2 is 2.12 bits per heavy atom. The number of benzene rings is 1. The molecule has 92 valence electrons. The minimum absolute atomic E-state index is 0.654. The lowest BCUT2D eigenvalue weighted by molar-refractivity contribution is 0.337. The average Bonchev–Trinajstić information content (AvgIpc) is 2.66. The van der Waals surface area contributed by atoms with Crippen LogP contribution in [-0.4, -0.2) is 13.2 Å². The molecule has 1 N–H and O–H groups in total. The lowest BCUT2D eigenvalue weighted by atomic mass is 10.1. The molecule has 0 saturated heterocycles. The van der Waals surface area contributed by atoms with Crippen molar-refractivity contribution in [3.8, 4) is 5.75 Å². The molecular weight excluding hydrogens is 214 g/mol. The highest BCUT2D eigenvalue weighted by molar-refractivity contribution is 5.87. The van der Waals surface area contributed by atoms with Gasteiger partial charge >= 0.3 is 0 Å². The molecule has 0 unspecified atom stereocenters. The number of fused-ring (bicyclic) bond motifs is 1. The van der Waals surface area contributed by atoms with Gasteiger partial charge in [0.1, 0.15) is 5.76 Å². The summed E-state index contributed by atoms with van der Waals surface area (Å²) in [5.41, 5.74) is 2.06. The zero-order valence-corrected chi connectivity index (χ0v) is 10.7. The van der Waals surface area contributed by atoms with E-state index in [2.05, 4.69) is 25.2 Å². The summed E-state index contributed by atoms with van der Waals surface area (Å²) in [5, 5.41) is 4.43. The van der Waals surface area contributed by atoms with Crippen LogP contribution in [0.5, 0.6) is 5.75 Å². The fourth-order valence-electron chi connectivity index (χ4n) is 1.94. The van der Waals surface area contributed by atoms with Crippen LogP contribution in [0.3, 0.4) is 0 Å². The molecule has 0 spiro atoms. The van der Waals surface area contributed by atoms with Crippen molar-refractivity contribution in [1.82, 2.24) is 5.32 Å². The molecule has 1 aromatic carbocycles. The highest BCUT2D eigenvalue weighted by Gasteiger charge is 2.13. The fraction of sp³-hybridized carbons (Fsp3) is 0.429. The molecule has 2 aromatic rings. The van der Waals surface area contributed by atoms with Crippen molar-refractivity contribution in [2.45, 2.75) is 27.3 Å². The summed E-state index contributed by atoms with van der Waals surface area (Å²) in [6, 6.07) is 6.03. The molecule has 0 saturated carbocycles. The number of para-hydroxylation sites is 1. The third-order valence-corrected chi connectivity index (χ3v) is 2.86. The summed E-state index contributed by atoms with van der Waals surface area (Å²) in [6.45, 7) is 8.52. The van der Waals surface area contributed by atoms with E-state index < -0.39 is 0 Å². The summed E-state index contributed by atoms with van der Waals surface area (Å²) >= 11 is 0. The van der Waals surface area contributed by atoms with E-state index in [1.165, 1.54) is 5.56 Å². The smallest absolute Gasteiger partial charge is 0.176 e. The zero-order chi connectivity index (χ0) is 12.3. The van der Waals surface area contributed by atoms with E-state index in [-0.39, 0.29) is 0 Å². The molecule has 0 fully saturated rings. The summed E-state index contributed by atoms with van der Waals surface area (Å²) in [7, 11) is 0. The third kappa shape index (κ3) is 2.29. The molecule has 0 amide bonds. The average molecular weight is 233 g/mol. The van der Waals surface area contributed by atoms with Crippen molar-refractivity contribution in [2.75, 3.05) is 13.2 Å². The molecule has 0 bridgehead atoms. The Kier molecular flexibility index (Phi) is 3.69. The van der Waals surface area contributed by atoms with Crippen LogP contribution >= 0.6 is 0 Å². The molecule has 3 heteroatoms. The second-order valence-electron chi connectivity index (χ2n) is 4.00. The number of aryl methyl sites for hydroxylation is 1. The Labute approximate surface area is 102 Å². The number of furan rings is 1. The first-order valence-corrected chi connectivity index (χ1v) is 6.12. The van der Waals surface area contributed by atoms with Crippen molar-refractivity contribution in [2.24, 2.45) is 0 Å². The predicted molar refractivity (Wildman–Crippen MR) is 69.5 cm³/mol. The van der Waals surface area contributed by atoms with Crippen LogP contribution in [0.1, 0.15) is 25.2 Å². The number of ether oxygens (including phenoxy) is 1. The van der Waals surface area contributed by atoms with Crippen molar-refractivity contribution < 1.29 is 9.15 Å². The lowest BCUT2D eigenvalue weighted by Gasteiger charge is -2.02. The SMILES string of the molecule is CCNCc1oc2c(OCC)cccc2c1C. The first kappa shape index (κ1) is 12.0. The summed E-state index contributed by atoms with van der Waals surface area (Å²) in [6.07, 6.45) is 0. The van der Waals surface area contributed by atoms with Gasteiger partial charge in [-0.25, -0.2) is 0 Å². The van der Waals surface area contributed by atoms with Crippen LogP contribution in [0.15, 0.2) is 22.6 Å². The van der Waals surface area contributed by atoms with Crippen molar-refractivity contribution >= 4 is 11.0 Å². The quantitative estimate of drug-likeness (QED) is 0.860. The van der Waals surface area contributed by atoms with Crippen molar-refractivity contribution in [1.29, 1.82) is 0 Å². The first-order valence-electron chi connectivity index (χ1n) is 6.12. The van der Waals surface area contributed by atoms with Gasteiger partial charge in [0.2, 0.25) is 0 Å². The molecule has 17 heavy (non-hydrogen) atoms. The first-order chi connectivity index (χ1) is 8.27. The van der Waals surface area contributed by atoms with Crippen LogP contribution in [0.2, 0.25) is 0 Å². The molecule has 0 aliphatic carbocycles. The van der Waals surface area contributed by atoms with Crippen molar-refractivity contribution in [3.05, 3.63) is 29.5 Å². The van der Waals surface area contributed by atoms with E-state index >= 15 is 0 Å². The zero-order valence-electron chi connectivity index (χ0n) is 10.7. The normalized spacial score (nSPS) is 11.0. The molecule has 3 nitrogen and oxygen atoms in total. The van der Waals surface area contributed by atoms with E-state index in [1.54, 1.807) is 0 Å². The lowest BCUT2D eigenvalue weighted by Crippen LogP contribution is -2.11. The number of nitrogens with one attached hydrogen (secondary N) is 1. The monoisotopic (exact) mass is 233 g/mol. The van der Waals surface area contributed by atoms with E-state index in [1.807, 2.05) is 19.1 Å². The molecule has 1 heterocycles. The predicted octanol–water partition coefficient (Wildman–Crippen LogP) is 3.25. The number of hydrogen-bond donors (Lipinski definition) is 1. The second-order valence-corrected chi connectivity index (χ2v) is 4.00. The van der Waals surface area contributed by atoms with Gasteiger partial charge in [0.05, 0.1) is 13.2 Å². The minimum atomic E-state index is 0.654. The fourth-order valence-corrected chi connectivity index (χ4v) is 1.94. The van der Waals surface area contributed by atoms with E-state index in [0.717, 1.165) is 35.6 Å². The Morgan fingerprint density at radius 1 is 1.29 bits per heavy atom. The summed E-state index contributed by atoms with van der Waals surface area (Å²) < 4.78 is 11.5. The molecular formula is C14H19NO2. The highest BCUT2D eigenvalue weighted by Crippen LogP contribution is 2.32. The Hall–Kier alpha value is -1.48. The van der Waals surface area contributed by atoms with Gasteiger partial charge in [-0.1, -0.05) is 19.1 Å². The molecule has 0 radical (unpaired) electrons. The third-order valence-electron chi connectivity index (χ3n) is 2.86. The largest absolute Gasteiger partial charge is 0.490 e. The van der Waals surface area contributed by atoms with Gasteiger partial charge in [0.25, 0.3) is 0 Å². The van der Waals surface area contributed by atoms with Gasteiger partial charge in [-0.05, 0) is 32.0 Å². The minimum Gasteiger partial charge on any atom is -0.490 e. The van der Waals surface area contributed by atoms with E-state index in [9.17, 15) is 0 Å². The van der Waals surface area contributed by atoms with Crippen LogP contribution in [0.4, 0.5) is 0 Å². The molecule has 0 aliphatic rings. The van der Waals surface area contributed by atoms with Crippen LogP contribution in [0, 0.1) is 6.92 Å². The van der Waals surface area contributed by atoms with Gasteiger partial charge in [0, 0.05) is 5.39 Å². The molecule has 0 aliphatic heterocycles. The van der Waals surface area contributed by atoms with Gasteiger partial charge in [-0.15, -0.1) is 0 Å². The van der Waals surface area contributed by atoms with Crippen LogP contribution in [-0.2, 0) is 6.54 Å². The van der Waals surface area contributed by atoms with Gasteiger partial charge in [-0.3, -0.25) is 0 Å². The van der Waals surface area contributed by atoms with Gasteiger partial charge in [0.15, 0.2) is 11.3 Å². The summed E-state index contributed by atoms with van der Waals surface area (Å²) in [5.74, 6) is 1.82. The molecule has 2 rings (SSSR count). The standard InChI is InChI=1S/C14H19NO2/c1-4-15-9-13-10(3)11-7-6-8-12(16-5-2)14(11)17-13/h6-8,15H,4-5,9H2,1-3H3. The summed E-state index contributed by atoms with van der Waals surface area (Å²) in [4.78, 5) is 0. The maximum Gasteiger partial charge on any atom is 0.176 e. The maximum atomic E-state index is 5.90. The number of rotatable bonds is 5. The maximum absolute atomic E-state index is 5.90. The van der Waals surface area contributed by atoms with E-state index in [0.29, 0.717) is 6.61 Å². The second kappa shape index (κ2) is 5.23. The van der Waals surface area contributed by atoms with Gasteiger partial charge in [-0.2, -0.15) is 0 Å². The molecule has 0 atom stereocenters. The van der Waals surface area contributed by atoms with Crippen molar-refractivity contribution in [3.63, 3.8) is 0 Å². The topological polar surface area (TPSA) is 34.4 Å². The van der Waals surface area contributed by atoms with Crippen LogP contribution in [0.25, 0.3) is 11.0 Å². The van der Waals surface area contributed by atoms with Gasteiger partial charge < -0.3 is 14.5 Å². The van der Waals surface area contributed by atoms with E-state index in [4.69, 9.17) is 9.15 Å². The van der Waals surface area contributed by atoms with Crippen LogP contribution < -0.4 is 10.1 Å². The Balaban J connectivity index is 2.44. The molecule has 1 aromatic heterocycles. The Morgan fingerprint density at radius 3 is 2.82 bits per heavy atom.